The first-order valence-electron chi connectivity index (χ1n) is 5.61. The standard InChI is InChI=1S/C11H18N2O2/c14-11(5-2-1-3-6-11)9-12-8-10-4-7-15-13-10/h4,7,12,14H,1-3,5-6,8-9H2. The molecule has 0 unspecified atom stereocenters. The highest BCUT2D eigenvalue weighted by atomic mass is 16.5. The first-order chi connectivity index (χ1) is 7.29. The summed E-state index contributed by atoms with van der Waals surface area (Å²) in [6, 6.07) is 1.83. The quantitative estimate of drug-likeness (QED) is 0.790. The highest BCUT2D eigenvalue weighted by Gasteiger charge is 2.28. The molecule has 1 fully saturated rings. The summed E-state index contributed by atoms with van der Waals surface area (Å²) in [5.41, 5.74) is 0.386. The van der Waals surface area contributed by atoms with Gasteiger partial charge in [0.05, 0.1) is 11.3 Å². The van der Waals surface area contributed by atoms with Crippen LogP contribution in [0.2, 0.25) is 0 Å². The molecular formula is C11H18N2O2. The van der Waals surface area contributed by atoms with Crippen LogP contribution >= 0.6 is 0 Å². The fourth-order valence-electron chi connectivity index (χ4n) is 2.14. The van der Waals surface area contributed by atoms with Crippen LogP contribution in [0.1, 0.15) is 37.8 Å². The Hall–Kier alpha value is -0.870. The van der Waals surface area contributed by atoms with E-state index in [1.54, 1.807) is 6.26 Å². The third-order valence-corrected chi connectivity index (χ3v) is 3.04. The topological polar surface area (TPSA) is 58.3 Å². The van der Waals surface area contributed by atoms with E-state index in [0.717, 1.165) is 31.4 Å². The number of aliphatic hydroxyl groups is 1. The number of hydrogen-bond donors (Lipinski definition) is 2. The minimum absolute atomic E-state index is 0.498. The van der Waals surface area contributed by atoms with Gasteiger partial charge >= 0.3 is 0 Å². The van der Waals surface area contributed by atoms with Gasteiger partial charge in [-0.15, -0.1) is 0 Å². The highest BCUT2D eigenvalue weighted by Crippen LogP contribution is 2.27. The zero-order chi connectivity index (χ0) is 10.6. The van der Waals surface area contributed by atoms with E-state index in [-0.39, 0.29) is 0 Å². The molecule has 0 amide bonds. The van der Waals surface area contributed by atoms with Gasteiger partial charge in [0.15, 0.2) is 0 Å². The Balaban J connectivity index is 1.72. The Labute approximate surface area is 89.7 Å². The number of nitrogens with one attached hydrogen (secondary N) is 1. The summed E-state index contributed by atoms with van der Waals surface area (Å²) in [5.74, 6) is 0. The van der Waals surface area contributed by atoms with Gasteiger partial charge in [0.2, 0.25) is 0 Å². The lowest BCUT2D eigenvalue weighted by Crippen LogP contribution is -2.41. The van der Waals surface area contributed by atoms with Crippen molar-refractivity contribution in [2.24, 2.45) is 0 Å². The molecule has 0 radical (unpaired) electrons. The van der Waals surface area contributed by atoms with Crippen LogP contribution in [-0.2, 0) is 6.54 Å². The molecule has 0 aliphatic heterocycles. The van der Waals surface area contributed by atoms with E-state index in [2.05, 4.69) is 10.5 Å². The molecule has 2 rings (SSSR count). The second-order valence-corrected chi connectivity index (χ2v) is 4.38. The van der Waals surface area contributed by atoms with Crippen LogP contribution in [0.3, 0.4) is 0 Å². The summed E-state index contributed by atoms with van der Waals surface area (Å²) < 4.78 is 4.73. The summed E-state index contributed by atoms with van der Waals surface area (Å²) in [7, 11) is 0. The molecule has 1 saturated carbocycles. The summed E-state index contributed by atoms with van der Waals surface area (Å²) >= 11 is 0. The van der Waals surface area contributed by atoms with Gasteiger partial charge in [0.25, 0.3) is 0 Å². The molecular weight excluding hydrogens is 192 g/mol. The van der Waals surface area contributed by atoms with E-state index in [1.165, 1.54) is 6.42 Å². The Bertz CT molecular complexity index is 279. The molecule has 0 bridgehead atoms. The van der Waals surface area contributed by atoms with Gasteiger partial charge < -0.3 is 14.9 Å². The third kappa shape index (κ3) is 3.04. The summed E-state index contributed by atoms with van der Waals surface area (Å²) in [5, 5.41) is 17.2. The van der Waals surface area contributed by atoms with Crippen molar-refractivity contribution >= 4 is 0 Å². The second kappa shape index (κ2) is 4.77. The van der Waals surface area contributed by atoms with Crippen LogP contribution in [0.4, 0.5) is 0 Å². The SMILES string of the molecule is OC1(CNCc2ccon2)CCCCC1. The van der Waals surface area contributed by atoms with Crippen molar-refractivity contribution in [3.63, 3.8) is 0 Å². The monoisotopic (exact) mass is 210 g/mol. The lowest BCUT2D eigenvalue weighted by molar-refractivity contribution is 0.00457. The number of rotatable bonds is 4. The normalized spacial score (nSPS) is 20.3. The Morgan fingerprint density at radius 2 is 2.20 bits per heavy atom. The van der Waals surface area contributed by atoms with Gasteiger partial charge in [-0.25, -0.2) is 0 Å². The van der Waals surface area contributed by atoms with Gasteiger partial charge in [-0.2, -0.15) is 0 Å². The lowest BCUT2D eigenvalue weighted by atomic mass is 9.85. The molecule has 2 N–H and O–H groups in total. The van der Waals surface area contributed by atoms with E-state index in [9.17, 15) is 5.11 Å². The molecule has 1 aliphatic carbocycles. The third-order valence-electron chi connectivity index (χ3n) is 3.04. The van der Waals surface area contributed by atoms with Gasteiger partial charge in [-0.1, -0.05) is 24.4 Å². The van der Waals surface area contributed by atoms with E-state index in [1.807, 2.05) is 6.07 Å². The molecule has 84 valence electrons. The first kappa shape index (κ1) is 10.6. The van der Waals surface area contributed by atoms with E-state index < -0.39 is 5.60 Å². The van der Waals surface area contributed by atoms with E-state index in [0.29, 0.717) is 13.1 Å². The number of hydrogen-bond acceptors (Lipinski definition) is 4. The van der Waals surface area contributed by atoms with Crippen LogP contribution in [0.15, 0.2) is 16.9 Å². The van der Waals surface area contributed by atoms with Crippen LogP contribution in [0, 0.1) is 0 Å². The summed E-state index contributed by atoms with van der Waals surface area (Å²) in [6.07, 6.45) is 6.93. The average molecular weight is 210 g/mol. The Kier molecular flexibility index (Phi) is 3.38. The lowest BCUT2D eigenvalue weighted by Gasteiger charge is -2.32. The fraction of sp³-hybridized carbons (Fsp3) is 0.727. The molecule has 1 aromatic heterocycles. The molecule has 4 nitrogen and oxygen atoms in total. The zero-order valence-corrected chi connectivity index (χ0v) is 8.91. The van der Waals surface area contributed by atoms with Crippen molar-refractivity contribution in [2.45, 2.75) is 44.2 Å². The number of aromatic nitrogens is 1. The number of nitrogens with zero attached hydrogens (tertiary/aromatic N) is 1. The van der Waals surface area contributed by atoms with Crippen LogP contribution in [-0.4, -0.2) is 22.4 Å². The average Bonchev–Trinajstić information content (AvgIpc) is 2.71. The smallest absolute Gasteiger partial charge is 0.124 e. The van der Waals surface area contributed by atoms with E-state index >= 15 is 0 Å². The predicted molar refractivity (Wildman–Crippen MR) is 56.2 cm³/mol. The molecule has 1 heterocycles. The molecule has 0 aromatic carbocycles. The maximum atomic E-state index is 10.2. The molecule has 0 atom stereocenters. The first-order valence-corrected chi connectivity index (χ1v) is 5.61. The van der Waals surface area contributed by atoms with Crippen molar-refractivity contribution in [1.29, 1.82) is 0 Å². The molecule has 4 heteroatoms. The zero-order valence-electron chi connectivity index (χ0n) is 8.91. The van der Waals surface area contributed by atoms with Crippen molar-refractivity contribution in [3.05, 3.63) is 18.0 Å². The minimum atomic E-state index is -0.498. The van der Waals surface area contributed by atoms with Crippen molar-refractivity contribution in [1.82, 2.24) is 10.5 Å². The largest absolute Gasteiger partial charge is 0.389 e. The van der Waals surface area contributed by atoms with Crippen molar-refractivity contribution in [2.75, 3.05) is 6.54 Å². The van der Waals surface area contributed by atoms with Crippen LogP contribution < -0.4 is 5.32 Å². The molecule has 0 saturated heterocycles. The van der Waals surface area contributed by atoms with Crippen molar-refractivity contribution in [3.8, 4) is 0 Å². The molecule has 0 spiro atoms. The van der Waals surface area contributed by atoms with Gasteiger partial charge in [-0.05, 0) is 12.8 Å². The molecule has 1 aliphatic rings. The summed E-state index contributed by atoms with van der Waals surface area (Å²) in [6.45, 7) is 1.32. The second-order valence-electron chi connectivity index (χ2n) is 4.38. The molecule has 1 aromatic rings. The summed E-state index contributed by atoms with van der Waals surface area (Å²) in [4.78, 5) is 0. The maximum Gasteiger partial charge on any atom is 0.124 e. The maximum absolute atomic E-state index is 10.2. The highest BCUT2D eigenvalue weighted by molar-refractivity contribution is 4.95. The van der Waals surface area contributed by atoms with Gasteiger partial charge in [-0.3, -0.25) is 0 Å². The predicted octanol–water partition coefficient (Wildman–Crippen LogP) is 1.46. The van der Waals surface area contributed by atoms with Crippen LogP contribution in [0.5, 0.6) is 0 Å². The fourth-order valence-corrected chi connectivity index (χ4v) is 2.14. The Morgan fingerprint density at radius 1 is 1.40 bits per heavy atom. The van der Waals surface area contributed by atoms with Gasteiger partial charge in [0.1, 0.15) is 6.26 Å². The van der Waals surface area contributed by atoms with Crippen LogP contribution in [0.25, 0.3) is 0 Å². The van der Waals surface area contributed by atoms with E-state index in [4.69, 9.17) is 4.52 Å². The molecule has 15 heavy (non-hydrogen) atoms. The Morgan fingerprint density at radius 3 is 2.87 bits per heavy atom. The van der Waals surface area contributed by atoms with Crippen molar-refractivity contribution < 1.29 is 9.63 Å². The van der Waals surface area contributed by atoms with Gasteiger partial charge in [0, 0.05) is 19.2 Å². The minimum Gasteiger partial charge on any atom is -0.389 e.